The molecule has 3 aromatic carbocycles. The number of likely N-dealkylation sites (tertiary alicyclic amines) is 1. The highest BCUT2D eigenvalue weighted by atomic mass is 16.2. The lowest BCUT2D eigenvalue weighted by Gasteiger charge is -2.25. The first-order valence-electron chi connectivity index (χ1n) is 10.9. The SMILES string of the molecule is Cc1ccc(CN2CCCCC(NC(=O)c3ccc(-c4ccccc4)cc3)C2=O)cc1. The van der Waals surface area contributed by atoms with Crippen LogP contribution in [-0.2, 0) is 11.3 Å². The molecule has 1 saturated heterocycles. The van der Waals surface area contributed by atoms with Crippen LogP contribution in [0.3, 0.4) is 0 Å². The highest BCUT2D eigenvalue weighted by Gasteiger charge is 2.28. The first-order chi connectivity index (χ1) is 15.1. The van der Waals surface area contributed by atoms with Gasteiger partial charge in [-0.05, 0) is 55.0 Å². The normalized spacial score (nSPS) is 16.6. The number of aryl methyl sites for hydroxylation is 1. The molecule has 2 amide bonds. The van der Waals surface area contributed by atoms with E-state index in [4.69, 9.17) is 0 Å². The van der Waals surface area contributed by atoms with Gasteiger partial charge in [0, 0.05) is 18.7 Å². The van der Waals surface area contributed by atoms with Crippen LogP contribution in [-0.4, -0.2) is 29.3 Å². The van der Waals surface area contributed by atoms with Gasteiger partial charge in [0.15, 0.2) is 0 Å². The quantitative estimate of drug-likeness (QED) is 0.643. The molecular formula is C27H28N2O2. The Hall–Kier alpha value is -3.40. The predicted molar refractivity (Wildman–Crippen MR) is 124 cm³/mol. The molecule has 0 aromatic heterocycles. The molecule has 1 aliphatic heterocycles. The van der Waals surface area contributed by atoms with Crippen molar-refractivity contribution in [3.8, 4) is 11.1 Å². The van der Waals surface area contributed by atoms with Crippen LogP contribution < -0.4 is 5.32 Å². The van der Waals surface area contributed by atoms with Crippen LogP contribution in [0.15, 0.2) is 78.9 Å². The molecular weight excluding hydrogens is 384 g/mol. The highest BCUT2D eigenvalue weighted by Crippen LogP contribution is 2.20. The van der Waals surface area contributed by atoms with Crippen LogP contribution in [0.2, 0.25) is 0 Å². The Balaban J connectivity index is 1.42. The Kier molecular flexibility index (Phi) is 6.46. The Morgan fingerprint density at radius 3 is 2.29 bits per heavy atom. The minimum Gasteiger partial charge on any atom is -0.340 e. The molecule has 3 aromatic rings. The van der Waals surface area contributed by atoms with E-state index in [0.29, 0.717) is 18.5 Å². The predicted octanol–water partition coefficient (Wildman–Crippen LogP) is 4.97. The summed E-state index contributed by atoms with van der Waals surface area (Å²) in [4.78, 5) is 27.8. The Morgan fingerprint density at radius 2 is 1.58 bits per heavy atom. The van der Waals surface area contributed by atoms with Gasteiger partial charge in [-0.2, -0.15) is 0 Å². The molecule has 0 radical (unpaired) electrons. The fraction of sp³-hybridized carbons (Fsp3) is 0.259. The van der Waals surface area contributed by atoms with E-state index in [9.17, 15) is 9.59 Å². The summed E-state index contributed by atoms with van der Waals surface area (Å²) in [7, 11) is 0. The number of nitrogens with one attached hydrogen (secondary N) is 1. The summed E-state index contributed by atoms with van der Waals surface area (Å²) in [6.07, 6.45) is 2.56. The minimum absolute atomic E-state index is 0.00679. The van der Waals surface area contributed by atoms with E-state index in [2.05, 4.69) is 36.5 Å². The van der Waals surface area contributed by atoms with E-state index in [1.165, 1.54) is 5.56 Å². The molecule has 0 aliphatic carbocycles. The van der Waals surface area contributed by atoms with Gasteiger partial charge in [0.1, 0.15) is 6.04 Å². The molecule has 1 aliphatic rings. The summed E-state index contributed by atoms with van der Waals surface area (Å²) in [6, 6.07) is 25.4. The number of amides is 2. The number of carbonyl (C=O) groups excluding carboxylic acids is 2. The van der Waals surface area contributed by atoms with E-state index in [-0.39, 0.29) is 11.8 Å². The number of hydrogen-bond donors (Lipinski definition) is 1. The maximum atomic E-state index is 13.1. The molecule has 1 fully saturated rings. The van der Waals surface area contributed by atoms with Gasteiger partial charge in [0.2, 0.25) is 5.91 Å². The van der Waals surface area contributed by atoms with Gasteiger partial charge >= 0.3 is 0 Å². The summed E-state index contributed by atoms with van der Waals surface area (Å²) in [5.41, 5.74) is 5.06. The Labute approximate surface area is 183 Å². The largest absolute Gasteiger partial charge is 0.340 e. The van der Waals surface area contributed by atoms with Crippen LogP contribution in [0.25, 0.3) is 11.1 Å². The third kappa shape index (κ3) is 5.21. The molecule has 1 atom stereocenters. The fourth-order valence-electron chi connectivity index (χ4n) is 4.00. The third-order valence-electron chi connectivity index (χ3n) is 5.83. The maximum absolute atomic E-state index is 13.1. The summed E-state index contributed by atoms with van der Waals surface area (Å²) < 4.78 is 0. The second kappa shape index (κ2) is 9.61. The molecule has 4 nitrogen and oxygen atoms in total. The molecule has 0 saturated carbocycles. The molecule has 1 unspecified atom stereocenters. The molecule has 1 heterocycles. The lowest BCUT2D eigenvalue weighted by molar-refractivity contribution is -0.133. The van der Waals surface area contributed by atoms with Crippen LogP contribution in [0.5, 0.6) is 0 Å². The van der Waals surface area contributed by atoms with Gasteiger partial charge in [0.05, 0.1) is 0 Å². The fourth-order valence-corrected chi connectivity index (χ4v) is 4.00. The minimum atomic E-state index is -0.478. The zero-order valence-electron chi connectivity index (χ0n) is 17.9. The van der Waals surface area contributed by atoms with Crippen LogP contribution in [0.1, 0.15) is 40.7 Å². The summed E-state index contributed by atoms with van der Waals surface area (Å²) >= 11 is 0. The Bertz CT molecular complexity index is 1030. The lowest BCUT2D eigenvalue weighted by Crippen LogP contribution is -2.47. The number of hydrogen-bond acceptors (Lipinski definition) is 2. The van der Waals surface area contributed by atoms with Gasteiger partial charge in [0.25, 0.3) is 5.91 Å². The summed E-state index contributed by atoms with van der Waals surface area (Å²) in [6.45, 7) is 3.36. The monoisotopic (exact) mass is 412 g/mol. The van der Waals surface area contributed by atoms with Crippen molar-refractivity contribution in [2.45, 2.75) is 38.8 Å². The van der Waals surface area contributed by atoms with Crippen LogP contribution in [0.4, 0.5) is 0 Å². The molecule has 31 heavy (non-hydrogen) atoms. The average Bonchev–Trinajstić information content (AvgIpc) is 2.97. The van der Waals surface area contributed by atoms with Crippen molar-refractivity contribution < 1.29 is 9.59 Å². The van der Waals surface area contributed by atoms with Gasteiger partial charge in [-0.1, -0.05) is 72.3 Å². The summed E-state index contributed by atoms with van der Waals surface area (Å²) in [5, 5.41) is 2.98. The molecule has 4 heteroatoms. The molecule has 4 rings (SSSR count). The van der Waals surface area contributed by atoms with Crippen molar-refractivity contribution in [2.75, 3.05) is 6.54 Å². The maximum Gasteiger partial charge on any atom is 0.251 e. The van der Waals surface area contributed by atoms with Gasteiger partial charge < -0.3 is 10.2 Å². The second-order valence-electron chi connectivity index (χ2n) is 8.21. The number of carbonyl (C=O) groups is 2. The standard InChI is InChI=1S/C27H28N2O2/c1-20-10-12-21(13-11-20)19-29-18-6-5-9-25(27(29)31)28-26(30)24-16-14-23(15-17-24)22-7-3-2-4-8-22/h2-4,7-8,10-17,25H,5-6,9,18-19H2,1H3,(H,28,30). The van der Waals surface area contributed by atoms with Gasteiger partial charge in [-0.3, -0.25) is 9.59 Å². The first kappa shape index (κ1) is 20.9. The van der Waals surface area contributed by atoms with E-state index in [1.807, 2.05) is 59.5 Å². The zero-order valence-corrected chi connectivity index (χ0v) is 17.9. The smallest absolute Gasteiger partial charge is 0.251 e. The molecule has 0 bridgehead atoms. The van der Waals surface area contributed by atoms with Crippen molar-refractivity contribution in [2.24, 2.45) is 0 Å². The van der Waals surface area contributed by atoms with Crippen molar-refractivity contribution in [1.82, 2.24) is 10.2 Å². The van der Waals surface area contributed by atoms with Crippen LogP contribution in [0, 0.1) is 6.92 Å². The lowest BCUT2D eigenvalue weighted by atomic mass is 10.0. The van der Waals surface area contributed by atoms with E-state index < -0.39 is 6.04 Å². The molecule has 0 spiro atoms. The van der Waals surface area contributed by atoms with Gasteiger partial charge in [-0.15, -0.1) is 0 Å². The number of rotatable bonds is 5. The molecule has 158 valence electrons. The first-order valence-corrected chi connectivity index (χ1v) is 10.9. The highest BCUT2D eigenvalue weighted by molar-refractivity contribution is 5.98. The van der Waals surface area contributed by atoms with Crippen LogP contribution >= 0.6 is 0 Å². The van der Waals surface area contributed by atoms with E-state index >= 15 is 0 Å². The Morgan fingerprint density at radius 1 is 0.903 bits per heavy atom. The van der Waals surface area contributed by atoms with Crippen molar-refractivity contribution in [3.63, 3.8) is 0 Å². The second-order valence-corrected chi connectivity index (χ2v) is 8.21. The van der Waals surface area contributed by atoms with Crippen molar-refractivity contribution >= 4 is 11.8 Å². The van der Waals surface area contributed by atoms with E-state index in [0.717, 1.165) is 36.1 Å². The number of nitrogens with zero attached hydrogens (tertiary/aromatic N) is 1. The van der Waals surface area contributed by atoms with Crippen molar-refractivity contribution in [3.05, 3.63) is 95.6 Å². The third-order valence-corrected chi connectivity index (χ3v) is 5.83. The topological polar surface area (TPSA) is 49.4 Å². The van der Waals surface area contributed by atoms with E-state index in [1.54, 1.807) is 0 Å². The van der Waals surface area contributed by atoms with Gasteiger partial charge in [-0.25, -0.2) is 0 Å². The average molecular weight is 413 g/mol. The number of benzene rings is 3. The molecule has 1 N–H and O–H groups in total. The summed E-state index contributed by atoms with van der Waals surface area (Å²) in [5.74, 6) is -0.192. The van der Waals surface area contributed by atoms with Crippen molar-refractivity contribution in [1.29, 1.82) is 0 Å². The zero-order chi connectivity index (χ0) is 21.6.